The Hall–Kier alpha value is -3.54. The maximum atomic E-state index is 11.8. The molecule has 2 rings (SSSR count). The van der Waals surface area contributed by atoms with E-state index in [0.29, 0.717) is 13.1 Å². The Labute approximate surface area is 177 Å². The van der Waals surface area contributed by atoms with Gasteiger partial charge in [0.1, 0.15) is 11.5 Å². The Kier molecular flexibility index (Phi) is 9.73. The molecule has 30 heavy (non-hydrogen) atoms. The van der Waals surface area contributed by atoms with Crippen molar-refractivity contribution in [2.45, 2.75) is 12.8 Å². The molecule has 2 aromatic rings. The van der Waals surface area contributed by atoms with Crippen molar-refractivity contribution in [3.8, 4) is 11.5 Å². The van der Waals surface area contributed by atoms with E-state index in [1.807, 2.05) is 48.5 Å². The van der Waals surface area contributed by atoms with Crippen LogP contribution in [0.15, 0.2) is 60.7 Å². The van der Waals surface area contributed by atoms with E-state index in [1.165, 1.54) is 12.2 Å². The van der Waals surface area contributed by atoms with Gasteiger partial charge in [0.15, 0.2) is 0 Å². The van der Waals surface area contributed by atoms with Gasteiger partial charge in [0.2, 0.25) is 11.8 Å². The maximum absolute atomic E-state index is 11.8. The van der Waals surface area contributed by atoms with E-state index in [2.05, 4.69) is 10.6 Å². The molecule has 2 amide bonds. The highest BCUT2D eigenvalue weighted by Crippen LogP contribution is 2.13. The van der Waals surface area contributed by atoms with Crippen molar-refractivity contribution >= 4 is 24.0 Å². The molecule has 2 N–H and O–H groups in total. The second-order valence-electron chi connectivity index (χ2n) is 6.50. The third-order valence-corrected chi connectivity index (χ3v) is 4.29. The third kappa shape index (κ3) is 8.65. The van der Waals surface area contributed by atoms with E-state index < -0.39 is 0 Å². The van der Waals surface area contributed by atoms with Gasteiger partial charge >= 0.3 is 0 Å². The van der Waals surface area contributed by atoms with E-state index in [9.17, 15) is 9.59 Å². The molecule has 0 saturated heterocycles. The number of ether oxygens (including phenoxy) is 2. The summed E-state index contributed by atoms with van der Waals surface area (Å²) >= 11 is 0. The molecular formula is C24H28N2O4. The summed E-state index contributed by atoms with van der Waals surface area (Å²) in [4.78, 5) is 23.7. The minimum Gasteiger partial charge on any atom is -0.497 e. The molecular weight excluding hydrogens is 380 g/mol. The smallest absolute Gasteiger partial charge is 0.243 e. The van der Waals surface area contributed by atoms with Gasteiger partial charge in [-0.15, -0.1) is 0 Å². The highest BCUT2D eigenvalue weighted by molar-refractivity contribution is 5.92. The minimum absolute atomic E-state index is 0.141. The normalized spacial score (nSPS) is 10.9. The van der Waals surface area contributed by atoms with Crippen molar-refractivity contribution in [2.75, 3.05) is 27.3 Å². The number of rotatable bonds is 11. The topological polar surface area (TPSA) is 76.7 Å². The molecule has 0 fully saturated rings. The molecule has 0 spiro atoms. The number of amides is 2. The number of unbranched alkanes of at least 4 members (excludes halogenated alkanes) is 1. The van der Waals surface area contributed by atoms with Crippen LogP contribution in [0.25, 0.3) is 12.2 Å². The predicted octanol–water partition coefficient (Wildman–Crippen LogP) is 3.44. The monoisotopic (exact) mass is 408 g/mol. The highest BCUT2D eigenvalue weighted by Gasteiger charge is 1.98. The zero-order chi connectivity index (χ0) is 21.6. The molecule has 0 atom stereocenters. The van der Waals surface area contributed by atoms with Crippen LogP contribution in [0.1, 0.15) is 24.0 Å². The molecule has 0 unspecified atom stereocenters. The van der Waals surface area contributed by atoms with Crippen molar-refractivity contribution in [2.24, 2.45) is 0 Å². The summed E-state index contributed by atoms with van der Waals surface area (Å²) in [6, 6.07) is 14.9. The van der Waals surface area contributed by atoms with Crippen molar-refractivity contribution in [3.05, 3.63) is 71.8 Å². The van der Waals surface area contributed by atoms with Crippen molar-refractivity contribution in [1.29, 1.82) is 0 Å². The molecule has 6 nitrogen and oxygen atoms in total. The fourth-order valence-electron chi connectivity index (χ4n) is 2.56. The molecule has 0 radical (unpaired) electrons. The van der Waals surface area contributed by atoms with Crippen LogP contribution in [-0.2, 0) is 9.59 Å². The van der Waals surface area contributed by atoms with Gasteiger partial charge in [-0.1, -0.05) is 24.3 Å². The van der Waals surface area contributed by atoms with E-state index in [4.69, 9.17) is 9.47 Å². The highest BCUT2D eigenvalue weighted by atomic mass is 16.5. The summed E-state index contributed by atoms with van der Waals surface area (Å²) in [7, 11) is 3.23. The van der Waals surface area contributed by atoms with Crippen molar-refractivity contribution in [3.63, 3.8) is 0 Å². The van der Waals surface area contributed by atoms with Crippen molar-refractivity contribution < 1.29 is 19.1 Å². The minimum atomic E-state index is -0.141. The standard InChI is InChI=1S/C24H28N2O4/c1-29-21-11-5-19(6-12-21)9-15-23(27)25-17-3-4-18-26-24(28)16-10-20-7-13-22(30-2)14-8-20/h5-16H,3-4,17-18H2,1-2H3,(H,25,27)(H,26,28)/b15-9-,16-10+. The molecule has 0 aromatic heterocycles. The number of nitrogens with one attached hydrogen (secondary N) is 2. The number of hydrogen-bond acceptors (Lipinski definition) is 4. The largest absolute Gasteiger partial charge is 0.497 e. The Morgan fingerprint density at radius 1 is 0.700 bits per heavy atom. The number of carbonyl (C=O) groups is 2. The van der Waals surface area contributed by atoms with E-state index >= 15 is 0 Å². The van der Waals surface area contributed by atoms with Crippen LogP contribution in [0.4, 0.5) is 0 Å². The van der Waals surface area contributed by atoms with E-state index in [1.54, 1.807) is 26.4 Å². The summed E-state index contributed by atoms with van der Waals surface area (Å²) in [5, 5.41) is 5.66. The first-order chi connectivity index (χ1) is 14.6. The first-order valence-electron chi connectivity index (χ1n) is 9.80. The molecule has 0 heterocycles. The van der Waals surface area contributed by atoms with Gasteiger partial charge < -0.3 is 20.1 Å². The Morgan fingerprint density at radius 2 is 1.07 bits per heavy atom. The average molecular weight is 408 g/mol. The number of carbonyl (C=O) groups excluding carboxylic acids is 2. The SMILES string of the molecule is COc1ccc(/C=C\C(=O)NCCCCNC(=O)/C=C/c2ccc(OC)cc2)cc1. The fraction of sp³-hybridized carbons (Fsp3) is 0.250. The van der Waals surface area contributed by atoms with Crippen LogP contribution in [0.2, 0.25) is 0 Å². The zero-order valence-electron chi connectivity index (χ0n) is 17.4. The molecule has 0 aliphatic rings. The lowest BCUT2D eigenvalue weighted by Gasteiger charge is -2.04. The first-order valence-corrected chi connectivity index (χ1v) is 9.80. The van der Waals surface area contributed by atoms with Gasteiger partial charge in [-0.25, -0.2) is 0 Å². The third-order valence-electron chi connectivity index (χ3n) is 4.29. The van der Waals surface area contributed by atoms with Gasteiger partial charge in [-0.3, -0.25) is 9.59 Å². The molecule has 158 valence electrons. The van der Waals surface area contributed by atoms with Crippen LogP contribution in [0.3, 0.4) is 0 Å². The number of benzene rings is 2. The predicted molar refractivity (Wildman–Crippen MR) is 119 cm³/mol. The van der Waals surface area contributed by atoms with E-state index in [0.717, 1.165) is 35.5 Å². The molecule has 6 heteroatoms. The number of hydrogen-bond donors (Lipinski definition) is 2. The van der Waals surface area contributed by atoms with Gasteiger partial charge in [0.25, 0.3) is 0 Å². The maximum Gasteiger partial charge on any atom is 0.243 e. The summed E-state index contributed by atoms with van der Waals surface area (Å²) in [5.41, 5.74) is 1.85. The van der Waals surface area contributed by atoms with Gasteiger partial charge in [0, 0.05) is 25.2 Å². The van der Waals surface area contributed by atoms with Gasteiger partial charge in [-0.05, 0) is 60.4 Å². The molecule has 0 saturated carbocycles. The van der Waals surface area contributed by atoms with Crippen LogP contribution in [0.5, 0.6) is 11.5 Å². The lowest BCUT2D eigenvalue weighted by atomic mass is 10.2. The molecule has 0 aliphatic carbocycles. The van der Waals surface area contributed by atoms with Gasteiger partial charge in [0.05, 0.1) is 14.2 Å². The molecule has 0 aliphatic heterocycles. The summed E-state index contributed by atoms with van der Waals surface area (Å²) in [6.45, 7) is 1.12. The van der Waals surface area contributed by atoms with Crippen LogP contribution in [-0.4, -0.2) is 39.1 Å². The summed E-state index contributed by atoms with van der Waals surface area (Å²) in [6.07, 6.45) is 8.09. The Balaban J connectivity index is 1.57. The molecule has 2 aromatic carbocycles. The van der Waals surface area contributed by atoms with Crippen LogP contribution < -0.4 is 20.1 Å². The first kappa shape index (κ1) is 22.7. The average Bonchev–Trinajstić information content (AvgIpc) is 2.79. The molecule has 0 bridgehead atoms. The number of methoxy groups -OCH3 is 2. The Morgan fingerprint density at radius 3 is 1.40 bits per heavy atom. The van der Waals surface area contributed by atoms with E-state index in [-0.39, 0.29) is 11.8 Å². The van der Waals surface area contributed by atoms with Crippen molar-refractivity contribution in [1.82, 2.24) is 10.6 Å². The zero-order valence-corrected chi connectivity index (χ0v) is 17.4. The van der Waals surface area contributed by atoms with Crippen LogP contribution in [0, 0.1) is 0 Å². The second-order valence-corrected chi connectivity index (χ2v) is 6.50. The Bertz CT molecular complexity index is 782. The summed E-state index contributed by atoms with van der Waals surface area (Å²) in [5.74, 6) is 1.27. The second kappa shape index (κ2) is 12.8. The van der Waals surface area contributed by atoms with Gasteiger partial charge in [-0.2, -0.15) is 0 Å². The lowest BCUT2D eigenvalue weighted by Crippen LogP contribution is -2.25. The van der Waals surface area contributed by atoms with Crippen LogP contribution >= 0.6 is 0 Å². The fourth-order valence-corrected chi connectivity index (χ4v) is 2.56. The lowest BCUT2D eigenvalue weighted by molar-refractivity contribution is -0.117. The summed E-state index contributed by atoms with van der Waals surface area (Å²) < 4.78 is 10.2. The quantitative estimate of drug-likeness (QED) is 0.441.